The van der Waals surface area contributed by atoms with E-state index in [9.17, 15) is 15.0 Å². The van der Waals surface area contributed by atoms with Crippen LogP contribution >= 0.6 is 0 Å². The van der Waals surface area contributed by atoms with E-state index in [0.29, 0.717) is 11.0 Å². The van der Waals surface area contributed by atoms with Crippen molar-refractivity contribution in [3.05, 3.63) is 18.1 Å². The number of hydrogen-bond acceptors (Lipinski definition) is 7. The number of aromatic nitrogens is 3. The molecule has 3 rings (SSSR count). The number of fused-ring (bicyclic) bond motifs is 1. The van der Waals surface area contributed by atoms with E-state index in [2.05, 4.69) is 9.97 Å². The molecule has 0 unspecified atom stereocenters. The van der Waals surface area contributed by atoms with Gasteiger partial charge in [-0.2, -0.15) is 0 Å². The summed E-state index contributed by atoms with van der Waals surface area (Å²) in [5, 5.41) is 20.1. The summed E-state index contributed by atoms with van der Waals surface area (Å²) >= 11 is 0. The smallest absolute Gasteiger partial charge is 0.251 e. The quantitative estimate of drug-likeness (QED) is 0.576. The molecule has 1 saturated heterocycles. The predicted octanol–water partition coefficient (Wildman–Crippen LogP) is -0.857. The molecule has 0 saturated carbocycles. The van der Waals surface area contributed by atoms with Gasteiger partial charge in [0.2, 0.25) is 0 Å². The van der Waals surface area contributed by atoms with Gasteiger partial charge in [0.05, 0.1) is 23.7 Å². The number of nitrogen functional groups attached to an aromatic ring is 1. The molecule has 1 aliphatic rings. The number of nitrogens with two attached hydrogens (primary N) is 2. The van der Waals surface area contributed by atoms with Crippen molar-refractivity contribution in [2.24, 2.45) is 5.73 Å². The van der Waals surface area contributed by atoms with Gasteiger partial charge in [0.25, 0.3) is 5.91 Å². The van der Waals surface area contributed by atoms with Crippen molar-refractivity contribution in [3.8, 4) is 0 Å². The van der Waals surface area contributed by atoms with Crippen LogP contribution in [-0.2, 0) is 4.74 Å². The fraction of sp³-hybridized carbons (Fsp3) is 0.462. The molecule has 0 radical (unpaired) electrons. The lowest BCUT2D eigenvalue weighted by molar-refractivity contribution is -0.0852. The number of rotatable bonds is 3. The monoisotopic (exact) mass is 307 g/mol. The number of anilines is 1. The molecule has 0 aromatic carbocycles. The minimum absolute atomic E-state index is 0.119. The highest BCUT2D eigenvalue weighted by Gasteiger charge is 2.45. The fourth-order valence-electron chi connectivity index (χ4n) is 2.89. The van der Waals surface area contributed by atoms with E-state index in [0.717, 1.165) is 0 Å². The van der Waals surface area contributed by atoms with Crippen LogP contribution in [0, 0.1) is 0 Å². The van der Waals surface area contributed by atoms with Crippen LogP contribution in [0.15, 0.2) is 12.5 Å². The topological polar surface area (TPSA) is 150 Å². The molecule has 3 heterocycles. The van der Waals surface area contributed by atoms with Gasteiger partial charge in [0.1, 0.15) is 23.4 Å². The molecule has 1 fully saturated rings. The number of primary amides is 1. The maximum Gasteiger partial charge on any atom is 0.251 e. The molecule has 0 bridgehead atoms. The van der Waals surface area contributed by atoms with Crippen LogP contribution in [0.5, 0.6) is 0 Å². The number of ether oxygens (including phenoxy) is 1. The molecule has 118 valence electrons. The minimum Gasteiger partial charge on any atom is -0.394 e. The van der Waals surface area contributed by atoms with Gasteiger partial charge in [-0.15, -0.1) is 0 Å². The van der Waals surface area contributed by atoms with Gasteiger partial charge in [-0.25, -0.2) is 9.97 Å². The minimum atomic E-state index is -1.24. The number of amides is 1. The molecule has 3 atom stereocenters. The van der Waals surface area contributed by atoms with Crippen LogP contribution in [0.25, 0.3) is 11.0 Å². The van der Waals surface area contributed by atoms with E-state index in [4.69, 9.17) is 16.2 Å². The molecular weight excluding hydrogens is 290 g/mol. The third kappa shape index (κ3) is 2.10. The Morgan fingerprint density at radius 2 is 2.32 bits per heavy atom. The van der Waals surface area contributed by atoms with Gasteiger partial charge in [0, 0.05) is 12.6 Å². The fourth-order valence-corrected chi connectivity index (χ4v) is 2.89. The Bertz CT molecular complexity index is 741. The largest absolute Gasteiger partial charge is 0.394 e. The van der Waals surface area contributed by atoms with Crippen molar-refractivity contribution in [2.75, 3.05) is 12.3 Å². The molecule has 0 aliphatic carbocycles. The first kappa shape index (κ1) is 14.7. The van der Waals surface area contributed by atoms with Crippen LogP contribution in [0.3, 0.4) is 0 Å². The SMILES string of the molecule is C[C@@]1(O)C[C@@H](CO)O[C@H]1n1cc(C(N)=O)c2c(N)ncnc21. The van der Waals surface area contributed by atoms with E-state index in [1.807, 2.05) is 0 Å². The van der Waals surface area contributed by atoms with E-state index >= 15 is 0 Å². The van der Waals surface area contributed by atoms with Gasteiger partial charge in [-0.05, 0) is 6.92 Å². The Labute approximate surface area is 125 Å². The molecule has 2 aromatic rings. The third-order valence-corrected chi connectivity index (χ3v) is 3.85. The highest BCUT2D eigenvalue weighted by molar-refractivity contribution is 6.08. The summed E-state index contributed by atoms with van der Waals surface area (Å²) in [5.74, 6) is -0.560. The summed E-state index contributed by atoms with van der Waals surface area (Å²) in [4.78, 5) is 19.6. The lowest BCUT2D eigenvalue weighted by atomic mass is 10.0. The zero-order valence-electron chi connectivity index (χ0n) is 11.9. The predicted molar refractivity (Wildman–Crippen MR) is 76.7 cm³/mol. The molecule has 9 nitrogen and oxygen atoms in total. The summed E-state index contributed by atoms with van der Waals surface area (Å²) in [5.41, 5.74) is 10.4. The number of nitrogens with zero attached hydrogens (tertiary/aromatic N) is 3. The Balaban J connectivity index is 2.20. The van der Waals surface area contributed by atoms with Gasteiger partial charge < -0.3 is 31.0 Å². The van der Waals surface area contributed by atoms with Crippen LogP contribution in [0.1, 0.15) is 29.9 Å². The molecule has 0 spiro atoms. The first-order valence-electron chi connectivity index (χ1n) is 6.74. The third-order valence-electron chi connectivity index (χ3n) is 3.85. The van der Waals surface area contributed by atoms with Crippen LogP contribution in [0.4, 0.5) is 5.82 Å². The van der Waals surface area contributed by atoms with Crippen LogP contribution in [0.2, 0.25) is 0 Å². The lowest BCUT2D eigenvalue weighted by Crippen LogP contribution is -2.32. The number of aliphatic hydroxyl groups is 2. The summed E-state index contributed by atoms with van der Waals surface area (Å²) in [6, 6.07) is 0. The Kier molecular flexibility index (Phi) is 3.28. The number of hydrogen-bond donors (Lipinski definition) is 4. The second-order valence-corrected chi connectivity index (χ2v) is 5.63. The molecular formula is C13H17N5O4. The highest BCUT2D eigenvalue weighted by Crippen LogP contribution is 2.40. The van der Waals surface area contributed by atoms with E-state index in [1.165, 1.54) is 17.1 Å². The van der Waals surface area contributed by atoms with E-state index in [-0.39, 0.29) is 24.4 Å². The molecule has 6 N–H and O–H groups in total. The number of aliphatic hydroxyl groups excluding tert-OH is 1. The highest BCUT2D eigenvalue weighted by atomic mass is 16.5. The van der Waals surface area contributed by atoms with Crippen molar-refractivity contribution >= 4 is 22.8 Å². The van der Waals surface area contributed by atoms with E-state index < -0.39 is 23.8 Å². The summed E-state index contributed by atoms with van der Waals surface area (Å²) in [6.07, 6.45) is 1.62. The Hall–Kier alpha value is -2.23. The summed E-state index contributed by atoms with van der Waals surface area (Å²) in [6.45, 7) is 1.37. The first-order valence-corrected chi connectivity index (χ1v) is 6.74. The van der Waals surface area contributed by atoms with Crippen molar-refractivity contribution in [3.63, 3.8) is 0 Å². The second-order valence-electron chi connectivity index (χ2n) is 5.63. The summed E-state index contributed by atoms with van der Waals surface area (Å²) < 4.78 is 7.17. The second kappa shape index (κ2) is 4.90. The average molecular weight is 307 g/mol. The van der Waals surface area contributed by atoms with Crippen molar-refractivity contribution < 1.29 is 19.7 Å². The van der Waals surface area contributed by atoms with Crippen LogP contribution < -0.4 is 11.5 Å². The molecule has 1 amide bonds. The first-order chi connectivity index (χ1) is 10.3. The lowest BCUT2D eigenvalue weighted by Gasteiger charge is -2.25. The maximum absolute atomic E-state index is 11.6. The number of carbonyl (C=O) groups excluding carboxylic acids is 1. The average Bonchev–Trinajstić information content (AvgIpc) is 2.97. The van der Waals surface area contributed by atoms with Gasteiger partial charge in [-0.1, -0.05) is 0 Å². The Morgan fingerprint density at radius 3 is 2.91 bits per heavy atom. The maximum atomic E-state index is 11.6. The molecule has 9 heteroatoms. The van der Waals surface area contributed by atoms with Gasteiger partial charge in [-0.3, -0.25) is 4.79 Å². The normalized spacial score (nSPS) is 28.3. The zero-order valence-corrected chi connectivity index (χ0v) is 11.9. The van der Waals surface area contributed by atoms with E-state index in [1.54, 1.807) is 6.92 Å². The molecule has 2 aromatic heterocycles. The number of carbonyl (C=O) groups is 1. The van der Waals surface area contributed by atoms with Crippen molar-refractivity contribution in [1.82, 2.24) is 14.5 Å². The zero-order chi connectivity index (χ0) is 16.1. The van der Waals surface area contributed by atoms with Crippen LogP contribution in [-0.4, -0.2) is 49.0 Å². The Morgan fingerprint density at radius 1 is 1.59 bits per heavy atom. The van der Waals surface area contributed by atoms with Crippen molar-refractivity contribution in [2.45, 2.75) is 31.3 Å². The van der Waals surface area contributed by atoms with Gasteiger partial charge >= 0.3 is 0 Å². The molecule has 22 heavy (non-hydrogen) atoms. The van der Waals surface area contributed by atoms with Gasteiger partial charge in [0.15, 0.2) is 6.23 Å². The standard InChI is InChI=1S/C13H17N5O4/c1-13(21)2-6(4-19)22-12(13)18-3-7(10(15)20)8-9(14)16-5-17-11(8)18/h3,5-6,12,19,21H,2,4H2,1H3,(H2,15,20)(H2,14,16,17)/t6-,12+,13+/m0/s1. The summed E-state index contributed by atoms with van der Waals surface area (Å²) in [7, 11) is 0. The molecule has 1 aliphatic heterocycles. The van der Waals surface area contributed by atoms with Crippen molar-refractivity contribution in [1.29, 1.82) is 0 Å².